The van der Waals surface area contributed by atoms with E-state index in [4.69, 9.17) is 8.42 Å². The van der Waals surface area contributed by atoms with Gasteiger partial charge in [0.25, 0.3) is 6.36 Å². The third kappa shape index (κ3) is 35.7. The van der Waals surface area contributed by atoms with Crippen LogP contribution >= 0.6 is 0 Å². The molecule has 0 bridgehead atoms. The van der Waals surface area contributed by atoms with Crippen LogP contribution in [0.4, 0.5) is 12.2 Å². The minimum atomic E-state index is -5.67. The van der Waals surface area contributed by atoms with E-state index in [-0.39, 0.29) is 0 Å². The zero-order valence-corrected chi connectivity index (χ0v) is 7.14. The van der Waals surface area contributed by atoms with Gasteiger partial charge in [-0.3, -0.25) is 0 Å². The standard InChI is InChI=1S/C5H7FO2.F2O2S/c1-3-5(6)8-7-4-2;1-5(2,3)4/h3-5H,1-2H2;. The highest BCUT2D eigenvalue weighted by Gasteiger charge is 1.96. The molecule has 0 radical (unpaired) electrons. The highest BCUT2D eigenvalue weighted by molar-refractivity contribution is 7.81. The van der Waals surface area contributed by atoms with Crippen LogP contribution in [-0.4, -0.2) is 14.8 Å². The van der Waals surface area contributed by atoms with Crippen LogP contribution in [0.3, 0.4) is 0 Å². The molecule has 0 aromatic carbocycles. The zero-order valence-electron chi connectivity index (χ0n) is 6.32. The first-order chi connectivity index (χ1) is 5.81. The van der Waals surface area contributed by atoms with Crippen LogP contribution in [0.15, 0.2) is 25.5 Å². The van der Waals surface area contributed by atoms with Gasteiger partial charge in [0, 0.05) is 0 Å². The molecule has 1 unspecified atom stereocenters. The molecule has 0 aliphatic carbocycles. The lowest BCUT2D eigenvalue weighted by atomic mass is 10.7. The topological polar surface area (TPSA) is 52.6 Å². The first-order valence-corrected chi connectivity index (χ1v) is 3.93. The van der Waals surface area contributed by atoms with Crippen LogP contribution in [0.5, 0.6) is 0 Å². The summed E-state index contributed by atoms with van der Waals surface area (Å²) in [7, 11) is -5.67. The maximum absolute atomic E-state index is 11.8. The van der Waals surface area contributed by atoms with Gasteiger partial charge >= 0.3 is 10.6 Å². The molecule has 0 rings (SSSR count). The molecule has 0 saturated heterocycles. The average Bonchev–Trinajstić information content (AvgIpc) is 1.97. The molecule has 0 saturated carbocycles. The second kappa shape index (κ2) is 7.62. The van der Waals surface area contributed by atoms with Crippen LogP contribution in [0.25, 0.3) is 0 Å². The Bertz CT molecular complexity index is 230. The summed E-state index contributed by atoms with van der Waals surface area (Å²) in [5.74, 6) is 0. The molecule has 0 N–H and O–H groups in total. The summed E-state index contributed by atoms with van der Waals surface area (Å²) in [6.45, 7) is 6.22. The molecule has 0 aliphatic heterocycles. The molecule has 13 heavy (non-hydrogen) atoms. The number of hydrogen-bond donors (Lipinski definition) is 0. The Hall–Kier alpha value is -1.02. The van der Waals surface area contributed by atoms with Crippen LogP contribution in [0.2, 0.25) is 0 Å². The molecular weight excluding hydrogens is 213 g/mol. The normalized spacial score (nSPS) is 11.9. The zero-order chi connectivity index (χ0) is 10.9. The van der Waals surface area contributed by atoms with Crippen molar-refractivity contribution in [2.45, 2.75) is 6.36 Å². The third-order valence-electron chi connectivity index (χ3n) is 0.401. The Morgan fingerprint density at radius 1 is 1.31 bits per heavy atom. The Kier molecular flexibility index (Phi) is 8.50. The van der Waals surface area contributed by atoms with E-state index in [0.717, 1.165) is 12.3 Å². The Morgan fingerprint density at radius 2 is 1.69 bits per heavy atom. The average molecular weight is 220 g/mol. The minimum absolute atomic E-state index is 0.962. The van der Waals surface area contributed by atoms with E-state index in [1.807, 2.05) is 0 Å². The molecule has 0 aromatic rings. The minimum Gasteiger partial charge on any atom is -0.343 e. The van der Waals surface area contributed by atoms with Gasteiger partial charge in [0.1, 0.15) is 6.26 Å². The predicted octanol–water partition coefficient (Wildman–Crippen LogP) is 1.73. The summed E-state index contributed by atoms with van der Waals surface area (Å²) in [4.78, 5) is 7.94. The van der Waals surface area contributed by atoms with Crippen molar-refractivity contribution < 1.29 is 30.4 Å². The molecule has 0 fully saturated rings. The fraction of sp³-hybridized carbons (Fsp3) is 0.200. The molecule has 0 spiro atoms. The van der Waals surface area contributed by atoms with Crippen LogP contribution < -0.4 is 0 Å². The predicted molar refractivity (Wildman–Crippen MR) is 38.6 cm³/mol. The summed E-state index contributed by atoms with van der Waals surface area (Å²) >= 11 is 0. The van der Waals surface area contributed by atoms with Crippen LogP contribution in [-0.2, 0) is 20.4 Å². The van der Waals surface area contributed by atoms with E-state index in [1.54, 1.807) is 0 Å². The highest BCUT2D eigenvalue weighted by Crippen LogP contribution is 1.93. The van der Waals surface area contributed by atoms with Crippen molar-refractivity contribution >= 4 is 10.6 Å². The lowest BCUT2D eigenvalue weighted by Gasteiger charge is -1.98. The Labute approximate surface area is 73.7 Å². The van der Waals surface area contributed by atoms with Crippen molar-refractivity contribution in [2.75, 3.05) is 0 Å². The number of hydrogen-bond acceptors (Lipinski definition) is 4. The second-order valence-electron chi connectivity index (χ2n) is 1.32. The molecule has 0 aromatic heterocycles. The summed E-state index contributed by atoms with van der Waals surface area (Å²) in [6, 6.07) is 0. The van der Waals surface area contributed by atoms with E-state index in [1.165, 1.54) is 0 Å². The number of halogens is 3. The van der Waals surface area contributed by atoms with Crippen molar-refractivity contribution in [1.82, 2.24) is 0 Å². The van der Waals surface area contributed by atoms with Crippen molar-refractivity contribution in [3.63, 3.8) is 0 Å². The summed E-state index contributed by atoms with van der Waals surface area (Å²) in [5.41, 5.74) is 0. The molecule has 0 aliphatic rings. The van der Waals surface area contributed by atoms with E-state index >= 15 is 0 Å². The third-order valence-corrected chi connectivity index (χ3v) is 0.401. The highest BCUT2D eigenvalue weighted by atomic mass is 32.3. The van der Waals surface area contributed by atoms with Gasteiger partial charge < -0.3 is 4.89 Å². The van der Waals surface area contributed by atoms with E-state index in [9.17, 15) is 12.2 Å². The maximum Gasteiger partial charge on any atom is 0.476 e. The second-order valence-corrected chi connectivity index (χ2v) is 2.08. The van der Waals surface area contributed by atoms with Gasteiger partial charge in [0.15, 0.2) is 0 Å². The monoisotopic (exact) mass is 220 g/mol. The Morgan fingerprint density at radius 3 is 1.92 bits per heavy atom. The van der Waals surface area contributed by atoms with Gasteiger partial charge in [0.2, 0.25) is 0 Å². The van der Waals surface area contributed by atoms with Crippen molar-refractivity contribution in [1.29, 1.82) is 0 Å². The lowest BCUT2D eigenvalue weighted by molar-refractivity contribution is -0.300. The summed E-state index contributed by atoms with van der Waals surface area (Å²) in [5, 5.41) is 0. The van der Waals surface area contributed by atoms with Crippen LogP contribution in [0.1, 0.15) is 0 Å². The molecule has 0 heterocycles. The molecule has 78 valence electrons. The fourth-order valence-electron chi connectivity index (χ4n) is 0.132. The first-order valence-electron chi connectivity index (χ1n) is 2.65. The maximum atomic E-state index is 11.8. The fourth-order valence-corrected chi connectivity index (χ4v) is 0.132. The smallest absolute Gasteiger partial charge is 0.343 e. The van der Waals surface area contributed by atoms with E-state index in [2.05, 4.69) is 22.9 Å². The Balaban J connectivity index is 0. The number of alkyl halides is 1. The molecule has 4 nitrogen and oxygen atoms in total. The SMILES string of the molecule is C=COOC(F)C=C.O=S(=O)(F)F. The van der Waals surface area contributed by atoms with Crippen molar-refractivity contribution in [3.05, 3.63) is 25.5 Å². The van der Waals surface area contributed by atoms with Gasteiger partial charge in [0.05, 0.1) is 0 Å². The molecule has 1 atom stereocenters. The van der Waals surface area contributed by atoms with Crippen molar-refractivity contribution in [3.8, 4) is 0 Å². The number of rotatable bonds is 4. The molecular formula is C5H7F3O4S. The van der Waals surface area contributed by atoms with Crippen LogP contribution in [0, 0.1) is 0 Å². The van der Waals surface area contributed by atoms with Gasteiger partial charge in [-0.2, -0.15) is 8.42 Å². The molecule has 0 amide bonds. The summed E-state index contributed by atoms with van der Waals surface area (Å²) in [6.07, 6.45) is 0.368. The van der Waals surface area contributed by atoms with E-state index < -0.39 is 17.0 Å². The lowest BCUT2D eigenvalue weighted by Crippen LogP contribution is -1.98. The van der Waals surface area contributed by atoms with Gasteiger partial charge in [-0.1, -0.05) is 20.9 Å². The quantitative estimate of drug-likeness (QED) is 0.238. The van der Waals surface area contributed by atoms with Gasteiger partial charge in [-0.15, -0.1) is 4.89 Å². The van der Waals surface area contributed by atoms with E-state index in [0.29, 0.717) is 0 Å². The van der Waals surface area contributed by atoms with Gasteiger partial charge in [-0.05, 0) is 6.08 Å². The van der Waals surface area contributed by atoms with Gasteiger partial charge in [-0.25, -0.2) is 4.39 Å². The first kappa shape index (κ1) is 14.5. The van der Waals surface area contributed by atoms with Crippen molar-refractivity contribution in [2.24, 2.45) is 0 Å². The molecule has 8 heteroatoms. The summed E-state index contributed by atoms with van der Waals surface area (Å²) < 4.78 is 48.4. The largest absolute Gasteiger partial charge is 0.476 e.